The zero-order chi connectivity index (χ0) is 29.0. The molecule has 0 rings (SSSR count). The molecule has 0 radical (unpaired) electrons. The average molecular weight is 555 g/mol. The second-order valence-electron chi connectivity index (χ2n) is 12.8. The van der Waals surface area contributed by atoms with Crippen LogP contribution in [0.25, 0.3) is 0 Å². The van der Waals surface area contributed by atoms with Crippen molar-refractivity contribution in [2.75, 3.05) is 34.3 Å². The lowest BCUT2D eigenvalue weighted by Gasteiger charge is -2.28. The van der Waals surface area contributed by atoms with Crippen LogP contribution in [0, 0.1) is 0 Å². The van der Waals surface area contributed by atoms with E-state index in [0.29, 0.717) is 23.9 Å². The molecule has 39 heavy (non-hydrogen) atoms. The largest absolute Gasteiger partial charge is 0.461 e. The predicted molar refractivity (Wildman–Crippen MR) is 166 cm³/mol. The maximum absolute atomic E-state index is 12.5. The molecule has 232 valence electrons. The maximum atomic E-state index is 12.5. The zero-order valence-corrected chi connectivity index (χ0v) is 27.0. The maximum Gasteiger partial charge on any atom is 0.306 e. The molecule has 0 saturated heterocycles. The normalized spacial score (nSPS) is 12.4. The molecule has 0 amide bonds. The number of nitrogens with zero attached hydrogens (tertiary/aromatic N) is 1. The quantitative estimate of drug-likeness (QED) is 0.0525. The molecule has 5 nitrogen and oxygen atoms in total. The van der Waals surface area contributed by atoms with Crippen LogP contribution < -0.4 is 0 Å². The Labute approximate surface area is 243 Å². The molecular formula is C34H68NO4+. The molecule has 0 N–H and O–H groups in total. The number of esters is 2. The number of likely N-dealkylation sites (N-methyl/N-ethyl adjacent to an activating group) is 1. The Morgan fingerprint density at radius 3 is 1.21 bits per heavy atom. The number of unbranched alkanes of at least 4 members (excludes halogenated alkanes) is 20. The Balaban J connectivity index is 3.93. The molecule has 0 heterocycles. The first-order chi connectivity index (χ1) is 18.8. The summed E-state index contributed by atoms with van der Waals surface area (Å²) in [5.41, 5.74) is 0. The van der Waals surface area contributed by atoms with E-state index in [0.717, 1.165) is 25.7 Å². The highest BCUT2D eigenvalue weighted by Crippen LogP contribution is 2.14. The number of quaternary nitrogens is 1. The number of carbonyl (C=O) groups excluding carboxylic acids is 2. The summed E-state index contributed by atoms with van der Waals surface area (Å²) in [6, 6.07) is 0. The van der Waals surface area contributed by atoms with Crippen LogP contribution in [0.4, 0.5) is 0 Å². The summed E-state index contributed by atoms with van der Waals surface area (Å²) in [7, 11) is 6.20. The average Bonchev–Trinajstić information content (AvgIpc) is 2.88. The first-order valence-corrected chi connectivity index (χ1v) is 16.9. The van der Waals surface area contributed by atoms with Crippen LogP contribution >= 0.6 is 0 Å². The lowest BCUT2D eigenvalue weighted by Crippen LogP contribution is -2.45. The van der Waals surface area contributed by atoms with E-state index in [2.05, 4.69) is 35.0 Å². The van der Waals surface area contributed by atoms with Crippen molar-refractivity contribution in [2.45, 2.75) is 174 Å². The standard InChI is InChI=1S/C34H68NO4/c1-6-8-10-12-14-16-18-20-22-24-26-28-33(36)38-31-32(30-35(3,4)5)39-34(37)29-27-25-23-21-19-17-15-13-11-9-7-2/h32H,6-31H2,1-5H3/q+1/t32-/m0/s1. The van der Waals surface area contributed by atoms with Crippen LogP contribution in [0.3, 0.4) is 0 Å². The van der Waals surface area contributed by atoms with Crippen LogP contribution in [0.1, 0.15) is 168 Å². The third kappa shape index (κ3) is 29.7. The molecule has 5 heteroatoms. The highest BCUT2D eigenvalue weighted by molar-refractivity contribution is 5.70. The van der Waals surface area contributed by atoms with Crippen molar-refractivity contribution < 1.29 is 23.5 Å². The van der Waals surface area contributed by atoms with Crippen molar-refractivity contribution in [3.05, 3.63) is 0 Å². The van der Waals surface area contributed by atoms with E-state index in [4.69, 9.17) is 9.47 Å². The molecule has 0 saturated carbocycles. The van der Waals surface area contributed by atoms with E-state index < -0.39 is 0 Å². The van der Waals surface area contributed by atoms with Crippen LogP contribution in [0.5, 0.6) is 0 Å². The van der Waals surface area contributed by atoms with Crippen LogP contribution in [-0.4, -0.2) is 56.8 Å². The van der Waals surface area contributed by atoms with Crippen molar-refractivity contribution in [3.63, 3.8) is 0 Å². The summed E-state index contributed by atoms with van der Waals surface area (Å²) in [6.45, 7) is 5.32. The van der Waals surface area contributed by atoms with Crippen molar-refractivity contribution in [3.8, 4) is 0 Å². The van der Waals surface area contributed by atoms with Gasteiger partial charge >= 0.3 is 11.9 Å². The summed E-state index contributed by atoms with van der Waals surface area (Å²) in [5, 5.41) is 0. The lowest BCUT2D eigenvalue weighted by atomic mass is 10.1. The monoisotopic (exact) mass is 555 g/mol. The lowest BCUT2D eigenvalue weighted by molar-refractivity contribution is -0.873. The number of rotatable bonds is 29. The molecule has 0 aliphatic rings. The van der Waals surface area contributed by atoms with Gasteiger partial charge in [-0.2, -0.15) is 0 Å². The predicted octanol–water partition coefficient (Wildman–Crippen LogP) is 9.55. The van der Waals surface area contributed by atoms with Gasteiger partial charge in [-0.1, -0.05) is 142 Å². The fourth-order valence-electron chi connectivity index (χ4n) is 5.10. The third-order valence-corrected chi connectivity index (χ3v) is 7.45. The molecule has 1 atom stereocenters. The molecule has 0 aromatic rings. The van der Waals surface area contributed by atoms with Gasteiger partial charge in [-0.25, -0.2) is 0 Å². The second kappa shape index (κ2) is 27.1. The molecule has 0 aliphatic carbocycles. The van der Waals surface area contributed by atoms with Crippen LogP contribution in [0.15, 0.2) is 0 Å². The number of hydrogen-bond donors (Lipinski definition) is 0. The van der Waals surface area contributed by atoms with Gasteiger partial charge in [0.1, 0.15) is 13.2 Å². The van der Waals surface area contributed by atoms with Crippen LogP contribution in [0.2, 0.25) is 0 Å². The summed E-state index contributed by atoms with van der Waals surface area (Å²) >= 11 is 0. The number of hydrogen-bond acceptors (Lipinski definition) is 4. The van der Waals surface area contributed by atoms with E-state index in [1.54, 1.807) is 0 Å². The van der Waals surface area contributed by atoms with Gasteiger partial charge in [0.05, 0.1) is 21.1 Å². The Kier molecular flexibility index (Phi) is 26.3. The fraction of sp³-hybridized carbons (Fsp3) is 0.941. The van der Waals surface area contributed by atoms with Gasteiger partial charge in [-0.3, -0.25) is 9.59 Å². The molecular weight excluding hydrogens is 486 g/mol. The molecule has 0 bridgehead atoms. The van der Waals surface area contributed by atoms with Gasteiger partial charge in [0.15, 0.2) is 6.10 Å². The molecule has 0 fully saturated rings. The minimum Gasteiger partial charge on any atom is -0.461 e. The van der Waals surface area contributed by atoms with Gasteiger partial charge in [0, 0.05) is 12.8 Å². The Morgan fingerprint density at radius 1 is 0.513 bits per heavy atom. The van der Waals surface area contributed by atoms with Gasteiger partial charge in [-0.15, -0.1) is 0 Å². The molecule has 0 aliphatic heterocycles. The van der Waals surface area contributed by atoms with Gasteiger partial charge in [-0.05, 0) is 12.8 Å². The topological polar surface area (TPSA) is 52.6 Å². The Hall–Kier alpha value is -1.10. The van der Waals surface area contributed by atoms with Crippen LogP contribution in [-0.2, 0) is 19.1 Å². The van der Waals surface area contributed by atoms with Crippen molar-refractivity contribution >= 4 is 11.9 Å². The van der Waals surface area contributed by atoms with Gasteiger partial charge in [0.2, 0.25) is 0 Å². The van der Waals surface area contributed by atoms with E-state index in [1.807, 2.05) is 0 Å². The van der Waals surface area contributed by atoms with Gasteiger partial charge in [0.25, 0.3) is 0 Å². The Bertz CT molecular complexity index is 558. The Morgan fingerprint density at radius 2 is 0.846 bits per heavy atom. The summed E-state index contributed by atoms with van der Waals surface area (Å²) in [6.07, 6.45) is 28.3. The second-order valence-corrected chi connectivity index (χ2v) is 12.8. The third-order valence-electron chi connectivity index (χ3n) is 7.45. The minimum absolute atomic E-state index is 0.161. The van der Waals surface area contributed by atoms with E-state index in [1.165, 1.54) is 116 Å². The molecule has 0 spiro atoms. The first kappa shape index (κ1) is 37.9. The summed E-state index contributed by atoms with van der Waals surface area (Å²) in [4.78, 5) is 24.7. The van der Waals surface area contributed by atoms with E-state index in [-0.39, 0.29) is 24.6 Å². The van der Waals surface area contributed by atoms with Crippen molar-refractivity contribution in [1.82, 2.24) is 0 Å². The zero-order valence-electron chi connectivity index (χ0n) is 27.0. The summed E-state index contributed by atoms with van der Waals surface area (Å²) < 4.78 is 11.9. The molecule has 0 unspecified atom stereocenters. The smallest absolute Gasteiger partial charge is 0.306 e. The van der Waals surface area contributed by atoms with Crippen molar-refractivity contribution in [2.24, 2.45) is 0 Å². The molecule has 0 aromatic carbocycles. The summed E-state index contributed by atoms with van der Waals surface area (Å²) in [5.74, 6) is -0.329. The van der Waals surface area contributed by atoms with E-state index in [9.17, 15) is 9.59 Å². The number of ether oxygens (including phenoxy) is 2. The highest BCUT2D eigenvalue weighted by atomic mass is 16.6. The fourth-order valence-corrected chi connectivity index (χ4v) is 5.10. The minimum atomic E-state index is -0.383. The van der Waals surface area contributed by atoms with Crippen molar-refractivity contribution in [1.29, 1.82) is 0 Å². The van der Waals surface area contributed by atoms with E-state index >= 15 is 0 Å². The number of carbonyl (C=O) groups is 2. The first-order valence-electron chi connectivity index (χ1n) is 16.9. The SMILES string of the molecule is CCCCCCCCCCCCCC(=O)OC[C@H](C[N+](C)(C)C)OC(=O)CCCCCCCCCCCCC. The van der Waals surface area contributed by atoms with Gasteiger partial charge < -0.3 is 14.0 Å². The molecule has 0 aromatic heterocycles. The highest BCUT2D eigenvalue weighted by Gasteiger charge is 2.23.